The van der Waals surface area contributed by atoms with Gasteiger partial charge in [-0.15, -0.1) is 0 Å². The van der Waals surface area contributed by atoms with Gasteiger partial charge in [-0.2, -0.15) is 0 Å². The molecule has 1 amide bonds. The van der Waals surface area contributed by atoms with Crippen LogP contribution in [0.25, 0.3) is 0 Å². The number of hydrogen-bond donors (Lipinski definition) is 1. The van der Waals surface area contributed by atoms with E-state index in [1.165, 1.54) is 19.3 Å². The molecule has 0 radical (unpaired) electrons. The first-order chi connectivity index (χ1) is 4.73. The monoisotopic (exact) mass is 139 g/mol. The first-order valence-electron chi connectivity index (χ1n) is 4.04. The van der Waals surface area contributed by atoms with E-state index in [0.29, 0.717) is 6.04 Å². The average Bonchev–Trinajstić information content (AvgIpc) is 1.93. The van der Waals surface area contributed by atoms with Gasteiger partial charge in [0.2, 0.25) is 5.91 Å². The molecule has 1 aliphatic heterocycles. The van der Waals surface area contributed by atoms with E-state index in [4.69, 9.17) is 0 Å². The van der Waals surface area contributed by atoms with Crippen LogP contribution in [0.3, 0.4) is 0 Å². The fourth-order valence-electron chi connectivity index (χ4n) is 2.08. The molecule has 1 saturated carbocycles. The van der Waals surface area contributed by atoms with E-state index in [1.807, 2.05) is 0 Å². The predicted molar refractivity (Wildman–Crippen MR) is 38.5 cm³/mol. The van der Waals surface area contributed by atoms with Crippen LogP contribution in [0.5, 0.6) is 0 Å². The first-order valence-corrected chi connectivity index (χ1v) is 4.04. The van der Waals surface area contributed by atoms with Crippen molar-refractivity contribution in [2.24, 2.45) is 5.41 Å². The van der Waals surface area contributed by atoms with E-state index in [1.54, 1.807) is 0 Å². The second-order valence-electron chi connectivity index (χ2n) is 3.69. The Morgan fingerprint density at radius 1 is 1.60 bits per heavy atom. The number of β-lactam (4-membered cyclic amide) rings is 1. The molecule has 10 heavy (non-hydrogen) atoms. The second-order valence-corrected chi connectivity index (χ2v) is 3.69. The lowest BCUT2D eigenvalue weighted by molar-refractivity contribution is -0.147. The van der Waals surface area contributed by atoms with E-state index >= 15 is 0 Å². The first kappa shape index (κ1) is 6.20. The quantitative estimate of drug-likeness (QED) is 0.500. The Kier molecular flexibility index (Phi) is 1.08. The summed E-state index contributed by atoms with van der Waals surface area (Å²) >= 11 is 0. The van der Waals surface area contributed by atoms with Crippen LogP contribution < -0.4 is 5.32 Å². The third kappa shape index (κ3) is 0.568. The minimum Gasteiger partial charge on any atom is -0.352 e. The van der Waals surface area contributed by atoms with Crippen molar-refractivity contribution >= 4 is 5.91 Å². The molecule has 2 atom stereocenters. The maximum absolute atomic E-state index is 11.1. The van der Waals surface area contributed by atoms with Gasteiger partial charge in [-0.3, -0.25) is 4.79 Å². The van der Waals surface area contributed by atoms with Gasteiger partial charge >= 0.3 is 0 Å². The van der Waals surface area contributed by atoms with Crippen LogP contribution >= 0.6 is 0 Å². The fraction of sp³-hybridized carbons (Fsp3) is 0.875. The van der Waals surface area contributed by atoms with E-state index in [9.17, 15) is 4.79 Å². The van der Waals surface area contributed by atoms with Crippen molar-refractivity contribution in [1.82, 2.24) is 5.32 Å². The van der Waals surface area contributed by atoms with Gasteiger partial charge in [-0.05, 0) is 19.8 Å². The van der Waals surface area contributed by atoms with Gasteiger partial charge in [0.25, 0.3) is 0 Å². The molecule has 0 unspecified atom stereocenters. The van der Waals surface area contributed by atoms with Gasteiger partial charge in [0.15, 0.2) is 0 Å². The van der Waals surface area contributed by atoms with E-state index < -0.39 is 0 Å². The molecule has 0 spiro atoms. The molecule has 0 aromatic heterocycles. The molecule has 2 heteroatoms. The van der Waals surface area contributed by atoms with Crippen molar-refractivity contribution in [1.29, 1.82) is 0 Å². The minimum atomic E-state index is 0.0260. The Morgan fingerprint density at radius 3 is 2.90 bits per heavy atom. The highest BCUT2D eigenvalue weighted by molar-refractivity contribution is 5.89. The van der Waals surface area contributed by atoms with Crippen molar-refractivity contribution in [3.63, 3.8) is 0 Å². The number of carbonyl (C=O) groups is 1. The lowest BCUT2D eigenvalue weighted by Crippen LogP contribution is -2.66. The topological polar surface area (TPSA) is 29.1 Å². The van der Waals surface area contributed by atoms with Gasteiger partial charge in [0.1, 0.15) is 0 Å². The van der Waals surface area contributed by atoms with Crippen molar-refractivity contribution < 1.29 is 4.79 Å². The molecule has 1 N–H and O–H groups in total. The van der Waals surface area contributed by atoms with Crippen LogP contribution in [-0.4, -0.2) is 11.9 Å². The molecule has 2 rings (SSSR count). The third-order valence-electron chi connectivity index (χ3n) is 3.03. The molecule has 2 nitrogen and oxygen atoms in total. The number of rotatable bonds is 0. The summed E-state index contributed by atoms with van der Waals surface area (Å²) in [4.78, 5) is 11.1. The van der Waals surface area contributed by atoms with Crippen LogP contribution in [-0.2, 0) is 4.79 Å². The molecule has 2 fully saturated rings. The number of hydrogen-bond acceptors (Lipinski definition) is 1. The van der Waals surface area contributed by atoms with Gasteiger partial charge in [-0.1, -0.05) is 12.8 Å². The molecule has 0 aromatic carbocycles. The normalized spacial score (nSPS) is 45.3. The maximum atomic E-state index is 11.1. The number of amides is 1. The summed E-state index contributed by atoms with van der Waals surface area (Å²) in [6.45, 7) is 2.09. The molecule has 1 aliphatic carbocycles. The highest BCUT2D eigenvalue weighted by atomic mass is 16.2. The van der Waals surface area contributed by atoms with Crippen molar-refractivity contribution in [2.75, 3.05) is 0 Å². The molecule has 1 heterocycles. The van der Waals surface area contributed by atoms with E-state index in [2.05, 4.69) is 12.2 Å². The maximum Gasteiger partial charge on any atom is 0.228 e. The van der Waals surface area contributed by atoms with E-state index in [-0.39, 0.29) is 11.3 Å². The highest BCUT2D eigenvalue weighted by Crippen LogP contribution is 2.42. The lowest BCUT2D eigenvalue weighted by Gasteiger charge is -2.49. The van der Waals surface area contributed by atoms with Crippen molar-refractivity contribution in [2.45, 2.75) is 38.6 Å². The molecule has 56 valence electrons. The molecule has 0 bridgehead atoms. The average molecular weight is 139 g/mol. The smallest absolute Gasteiger partial charge is 0.228 e. The SMILES string of the molecule is C[C@]12CCCC[C@H]1NC2=O. The standard InChI is InChI=1S/C8H13NO/c1-8-5-3-2-4-6(8)9-7(8)10/h6H,2-5H2,1H3,(H,9,10)/t6-,8+/m1/s1. The van der Waals surface area contributed by atoms with Crippen LogP contribution in [0.2, 0.25) is 0 Å². The molecule has 1 saturated heterocycles. The summed E-state index contributed by atoms with van der Waals surface area (Å²) in [5, 5.41) is 2.95. The van der Waals surface area contributed by atoms with Gasteiger partial charge in [-0.25, -0.2) is 0 Å². The Labute approximate surface area is 61.0 Å². The minimum absolute atomic E-state index is 0.0260. The zero-order valence-corrected chi connectivity index (χ0v) is 6.31. The zero-order chi connectivity index (χ0) is 7.19. The largest absolute Gasteiger partial charge is 0.352 e. The van der Waals surface area contributed by atoms with Crippen LogP contribution in [0.15, 0.2) is 0 Å². The van der Waals surface area contributed by atoms with Crippen LogP contribution in [0, 0.1) is 5.41 Å². The van der Waals surface area contributed by atoms with Crippen LogP contribution in [0.1, 0.15) is 32.6 Å². The summed E-state index contributed by atoms with van der Waals surface area (Å²) in [6.07, 6.45) is 4.83. The predicted octanol–water partition coefficient (Wildman–Crippen LogP) is 1.07. The Morgan fingerprint density at radius 2 is 2.40 bits per heavy atom. The zero-order valence-electron chi connectivity index (χ0n) is 6.31. The molecular formula is C8H13NO. The molecule has 0 aromatic rings. The summed E-state index contributed by atoms with van der Waals surface area (Å²) in [7, 11) is 0. The number of fused-ring (bicyclic) bond motifs is 1. The Hall–Kier alpha value is -0.530. The lowest BCUT2D eigenvalue weighted by atomic mass is 9.65. The third-order valence-corrected chi connectivity index (χ3v) is 3.03. The van der Waals surface area contributed by atoms with Crippen molar-refractivity contribution in [3.8, 4) is 0 Å². The summed E-state index contributed by atoms with van der Waals surface area (Å²) in [5.74, 6) is 0.275. The fourth-order valence-corrected chi connectivity index (χ4v) is 2.08. The summed E-state index contributed by atoms with van der Waals surface area (Å²) in [5.41, 5.74) is 0.0260. The van der Waals surface area contributed by atoms with Gasteiger partial charge in [0.05, 0.1) is 5.41 Å². The Bertz CT molecular complexity index is 178. The number of nitrogens with one attached hydrogen (secondary N) is 1. The second kappa shape index (κ2) is 1.74. The molecular weight excluding hydrogens is 126 g/mol. The summed E-state index contributed by atoms with van der Waals surface area (Å²) < 4.78 is 0. The van der Waals surface area contributed by atoms with Crippen molar-refractivity contribution in [3.05, 3.63) is 0 Å². The summed E-state index contributed by atoms with van der Waals surface area (Å²) in [6, 6.07) is 0.508. The van der Waals surface area contributed by atoms with E-state index in [0.717, 1.165) is 6.42 Å². The Balaban J connectivity index is 2.15. The van der Waals surface area contributed by atoms with Crippen LogP contribution in [0.4, 0.5) is 0 Å². The number of carbonyl (C=O) groups excluding carboxylic acids is 1. The van der Waals surface area contributed by atoms with Gasteiger partial charge in [0, 0.05) is 6.04 Å². The van der Waals surface area contributed by atoms with Gasteiger partial charge < -0.3 is 5.32 Å². The highest BCUT2D eigenvalue weighted by Gasteiger charge is 2.51. The molecule has 2 aliphatic rings.